The number of carboxylic acid groups (broad SMARTS) is 1. The summed E-state index contributed by atoms with van der Waals surface area (Å²) in [7, 11) is 0. The van der Waals surface area contributed by atoms with Crippen LogP contribution in [-0.4, -0.2) is 16.1 Å². The largest absolute Gasteiger partial charge is 0.478 e. The predicted octanol–water partition coefficient (Wildman–Crippen LogP) is 6.04. The maximum Gasteiger partial charge on any atom is 0.338 e. The smallest absolute Gasteiger partial charge is 0.338 e. The first kappa shape index (κ1) is 16.6. The van der Waals surface area contributed by atoms with E-state index in [2.05, 4.69) is 0 Å². The van der Waals surface area contributed by atoms with Gasteiger partial charge < -0.3 is 5.11 Å². The van der Waals surface area contributed by atoms with Crippen molar-refractivity contribution in [3.8, 4) is 31.6 Å². The van der Waals surface area contributed by atoms with E-state index in [1.54, 1.807) is 17.4 Å². The van der Waals surface area contributed by atoms with E-state index in [0.717, 1.165) is 26.0 Å². The van der Waals surface area contributed by atoms with Crippen molar-refractivity contribution < 1.29 is 14.3 Å². The van der Waals surface area contributed by atoms with Crippen molar-refractivity contribution in [3.63, 3.8) is 0 Å². The van der Waals surface area contributed by atoms with Gasteiger partial charge in [-0.1, -0.05) is 36.4 Å². The minimum absolute atomic E-state index is 0.322. The number of benzene rings is 2. The lowest BCUT2D eigenvalue weighted by Crippen LogP contribution is -2.00. The van der Waals surface area contributed by atoms with E-state index in [9.17, 15) is 9.18 Å². The van der Waals surface area contributed by atoms with Crippen molar-refractivity contribution in [2.24, 2.45) is 0 Å². The Balaban J connectivity index is 1.66. The molecular weight excluding hydrogens is 369 g/mol. The number of rotatable bonds is 4. The van der Waals surface area contributed by atoms with Crippen molar-refractivity contribution in [3.05, 3.63) is 77.4 Å². The molecule has 2 aromatic carbocycles. The van der Waals surface area contributed by atoms with Crippen molar-refractivity contribution in [2.45, 2.75) is 0 Å². The lowest BCUT2D eigenvalue weighted by atomic mass is 10.1. The second-order valence-corrected chi connectivity index (χ2v) is 7.51. The number of hydrogen-bond donors (Lipinski definition) is 1. The third-order valence-electron chi connectivity index (χ3n) is 3.86. The number of halogens is 1. The van der Waals surface area contributed by atoms with Gasteiger partial charge in [-0.15, -0.1) is 22.7 Å². The lowest BCUT2D eigenvalue weighted by Gasteiger charge is -2.01. The molecule has 0 unspecified atom stereocenters. The molecule has 0 atom stereocenters. The zero-order valence-corrected chi connectivity index (χ0v) is 15.0. The fourth-order valence-corrected chi connectivity index (χ4v) is 4.44. The molecule has 0 saturated carbocycles. The summed E-state index contributed by atoms with van der Waals surface area (Å²) in [5.74, 6) is -2.00. The summed E-state index contributed by atoms with van der Waals surface area (Å²) >= 11 is 3.08. The highest BCUT2D eigenvalue weighted by molar-refractivity contribution is 7.19. The molecule has 4 aromatic rings. The zero-order valence-electron chi connectivity index (χ0n) is 13.3. The molecule has 0 bridgehead atoms. The van der Waals surface area contributed by atoms with Crippen LogP contribution in [0, 0.1) is 5.82 Å². The summed E-state index contributed by atoms with van der Waals surface area (Å²) in [5, 5.41) is 12.0. The van der Waals surface area contributed by atoms with Crippen LogP contribution in [0.15, 0.2) is 66.0 Å². The Kier molecular flexibility index (Phi) is 4.36. The first-order valence-corrected chi connectivity index (χ1v) is 9.46. The molecule has 6 heteroatoms. The van der Waals surface area contributed by atoms with E-state index < -0.39 is 11.8 Å². The molecule has 26 heavy (non-hydrogen) atoms. The van der Waals surface area contributed by atoms with Gasteiger partial charge in [-0.25, -0.2) is 14.2 Å². The molecule has 0 aliphatic carbocycles. The van der Waals surface area contributed by atoms with E-state index in [-0.39, 0.29) is 5.56 Å². The Morgan fingerprint density at radius 2 is 1.73 bits per heavy atom. The van der Waals surface area contributed by atoms with Crippen molar-refractivity contribution in [2.75, 3.05) is 0 Å². The molecular formula is C20H12FNO2S2. The van der Waals surface area contributed by atoms with Crippen LogP contribution in [0.4, 0.5) is 4.39 Å². The highest BCUT2D eigenvalue weighted by atomic mass is 32.1. The Bertz CT molecular complexity index is 1090. The van der Waals surface area contributed by atoms with Crippen molar-refractivity contribution >= 4 is 28.6 Å². The molecule has 0 fully saturated rings. The maximum absolute atomic E-state index is 13.6. The number of carboxylic acids is 1. The molecule has 0 aliphatic rings. The van der Waals surface area contributed by atoms with Crippen LogP contribution in [0.2, 0.25) is 0 Å². The monoisotopic (exact) mass is 381 g/mol. The standard InChI is InChI=1S/C20H12FNO2S2/c21-15-7-6-13(10-14(15)20(23)24)17-8-9-18(26-17)16-11-25-19(22-16)12-4-2-1-3-5-12/h1-11H,(H,23,24). The number of carbonyl (C=O) groups is 1. The molecule has 3 nitrogen and oxygen atoms in total. The fourth-order valence-electron chi connectivity index (χ4n) is 2.57. The Morgan fingerprint density at radius 3 is 2.50 bits per heavy atom. The van der Waals surface area contributed by atoms with Crippen molar-refractivity contribution in [1.29, 1.82) is 0 Å². The first-order valence-electron chi connectivity index (χ1n) is 7.76. The van der Waals surface area contributed by atoms with Gasteiger partial charge in [-0.2, -0.15) is 0 Å². The van der Waals surface area contributed by atoms with Crippen LogP contribution in [0.3, 0.4) is 0 Å². The fraction of sp³-hybridized carbons (Fsp3) is 0. The second-order valence-electron chi connectivity index (χ2n) is 5.57. The highest BCUT2D eigenvalue weighted by Gasteiger charge is 2.14. The normalized spacial score (nSPS) is 10.8. The Labute approximate surface area is 157 Å². The topological polar surface area (TPSA) is 50.2 Å². The van der Waals surface area contributed by atoms with Gasteiger partial charge in [-0.3, -0.25) is 0 Å². The SMILES string of the molecule is O=C(O)c1cc(-c2ccc(-c3csc(-c4ccccc4)n3)s2)ccc1F. The molecule has 0 spiro atoms. The molecule has 1 N–H and O–H groups in total. The third-order valence-corrected chi connectivity index (χ3v) is 5.91. The van der Waals surface area contributed by atoms with Gasteiger partial charge in [0.25, 0.3) is 0 Å². The van der Waals surface area contributed by atoms with Crippen LogP contribution in [0.1, 0.15) is 10.4 Å². The molecule has 0 radical (unpaired) electrons. The summed E-state index contributed by atoms with van der Waals surface area (Å²) in [6.45, 7) is 0. The van der Waals surface area contributed by atoms with Gasteiger partial charge in [0.2, 0.25) is 0 Å². The highest BCUT2D eigenvalue weighted by Crippen LogP contribution is 2.37. The molecule has 4 rings (SSSR count). The minimum atomic E-state index is -1.27. The number of aromatic nitrogens is 1. The Hall–Kier alpha value is -2.83. The number of aromatic carboxylic acids is 1. The number of nitrogens with zero attached hydrogens (tertiary/aromatic N) is 1. The summed E-state index contributed by atoms with van der Waals surface area (Å²) in [5.41, 5.74) is 2.31. The second kappa shape index (κ2) is 6.82. The average Bonchev–Trinajstić information content (AvgIpc) is 3.32. The maximum atomic E-state index is 13.6. The zero-order chi connectivity index (χ0) is 18.1. The van der Waals surface area contributed by atoms with E-state index in [0.29, 0.717) is 5.56 Å². The van der Waals surface area contributed by atoms with E-state index >= 15 is 0 Å². The van der Waals surface area contributed by atoms with Gasteiger partial charge in [0.05, 0.1) is 16.1 Å². The molecule has 2 heterocycles. The summed E-state index contributed by atoms with van der Waals surface area (Å²) in [6.07, 6.45) is 0. The lowest BCUT2D eigenvalue weighted by molar-refractivity contribution is 0.0692. The summed E-state index contributed by atoms with van der Waals surface area (Å²) in [4.78, 5) is 17.7. The Morgan fingerprint density at radius 1 is 0.962 bits per heavy atom. The number of thiazole rings is 1. The molecule has 0 amide bonds. The molecule has 2 aromatic heterocycles. The van der Waals surface area contributed by atoms with Crippen LogP contribution in [0.5, 0.6) is 0 Å². The van der Waals surface area contributed by atoms with Gasteiger partial charge >= 0.3 is 5.97 Å². The van der Waals surface area contributed by atoms with Gasteiger partial charge in [-0.05, 0) is 29.8 Å². The van der Waals surface area contributed by atoms with Crippen LogP contribution in [0.25, 0.3) is 31.6 Å². The predicted molar refractivity (Wildman–Crippen MR) is 103 cm³/mol. The van der Waals surface area contributed by atoms with E-state index in [4.69, 9.17) is 10.1 Å². The van der Waals surface area contributed by atoms with E-state index in [1.807, 2.05) is 47.8 Å². The van der Waals surface area contributed by atoms with Crippen LogP contribution >= 0.6 is 22.7 Å². The number of hydrogen-bond acceptors (Lipinski definition) is 4. The average molecular weight is 381 g/mol. The van der Waals surface area contributed by atoms with Gasteiger partial charge in [0, 0.05) is 15.8 Å². The minimum Gasteiger partial charge on any atom is -0.478 e. The summed E-state index contributed by atoms with van der Waals surface area (Å²) in [6, 6.07) is 18.0. The first-order chi connectivity index (χ1) is 12.6. The van der Waals surface area contributed by atoms with Crippen LogP contribution < -0.4 is 0 Å². The van der Waals surface area contributed by atoms with Gasteiger partial charge in [0.1, 0.15) is 10.8 Å². The quantitative estimate of drug-likeness (QED) is 0.469. The number of thiophene rings is 1. The third kappa shape index (κ3) is 3.16. The molecule has 128 valence electrons. The van der Waals surface area contributed by atoms with E-state index in [1.165, 1.54) is 23.5 Å². The van der Waals surface area contributed by atoms with Crippen molar-refractivity contribution in [1.82, 2.24) is 4.98 Å². The van der Waals surface area contributed by atoms with Gasteiger partial charge in [0.15, 0.2) is 0 Å². The molecule has 0 saturated heterocycles. The molecule has 0 aliphatic heterocycles. The summed E-state index contributed by atoms with van der Waals surface area (Å²) < 4.78 is 13.6. The van der Waals surface area contributed by atoms with Crippen LogP contribution in [-0.2, 0) is 0 Å².